The number of nitrogens with zero attached hydrogens (tertiary/aromatic N) is 2. The zero-order chi connectivity index (χ0) is 21.1. The maximum Gasteiger partial charge on any atom is 0.345 e. The number of ether oxygens (including phenoxy) is 4. The van der Waals surface area contributed by atoms with Crippen molar-refractivity contribution in [3.05, 3.63) is 23.8 Å². The quantitative estimate of drug-likeness (QED) is 0.308. The van der Waals surface area contributed by atoms with Crippen molar-refractivity contribution in [2.75, 3.05) is 20.0 Å². The minimum Gasteiger partial charge on any atom is -0.505 e. The second-order valence-corrected chi connectivity index (χ2v) is 12.7. The highest BCUT2D eigenvalue weighted by atomic mass is 28.3. The molecular weight excluding hydrogens is 382 g/mol. The molecule has 2 rings (SSSR count). The van der Waals surface area contributed by atoms with Gasteiger partial charge in [-0.3, -0.25) is 0 Å². The minimum atomic E-state index is -1.76. The lowest BCUT2D eigenvalue weighted by Crippen LogP contribution is -2.39. The van der Waals surface area contributed by atoms with E-state index in [1.54, 1.807) is 0 Å². The number of aromatic nitrogens is 2. The molecule has 152 valence electrons. The largest absolute Gasteiger partial charge is 0.505 e. The molecule has 1 unspecified atom stereocenters. The number of hydrogen-bond donors (Lipinski definition) is 2. The number of carbonyl (C=O) groups is 1. The molecule has 0 saturated heterocycles. The fourth-order valence-corrected chi connectivity index (χ4v) is 2.46. The summed E-state index contributed by atoms with van der Waals surface area (Å²) in [4.78, 5) is 20.9. The van der Waals surface area contributed by atoms with Crippen LogP contribution in [0, 0.1) is 0 Å². The van der Waals surface area contributed by atoms with E-state index in [1.165, 1.54) is 32.4 Å². The third kappa shape index (κ3) is 4.83. The fourth-order valence-electron chi connectivity index (χ4n) is 2.00. The number of rotatable bonds is 7. The average Bonchev–Trinajstić information content (AvgIpc) is 2.63. The van der Waals surface area contributed by atoms with Crippen molar-refractivity contribution in [1.82, 2.24) is 9.97 Å². The van der Waals surface area contributed by atoms with Gasteiger partial charge in [0.25, 0.3) is 0 Å². The van der Waals surface area contributed by atoms with Gasteiger partial charge in [-0.05, 0) is 19.1 Å². The Kier molecular flexibility index (Phi) is 6.34. The van der Waals surface area contributed by atoms with E-state index in [2.05, 4.69) is 29.6 Å². The summed E-state index contributed by atoms with van der Waals surface area (Å²) in [5, 5.41) is 10.4. The molecule has 1 aromatic heterocycles. The topological polar surface area (TPSA) is 126 Å². The van der Waals surface area contributed by atoms with E-state index in [-0.39, 0.29) is 40.5 Å². The summed E-state index contributed by atoms with van der Waals surface area (Å²) in [5.41, 5.74) is 5.28. The molecule has 1 heterocycles. The summed E-state index contributed by atoms with van der Waals surface area (Å²) in [7, 11) is 1.11. The molecule has 10 heteroatoms. The van der Waals surface area contributed by atoms with Gasteiger partial charge < -0.3 is 29.8 Å². The van der Waals surface area contributed by atoms with E-state index in [4.69, 9.17) is 24.7 Å². The molecule has 9 nitrogen and oxygen atoms in total. The molecule has 0 saturated carbocycles. The van der Waals surface area contributed by atoms with E-state index in [1.807, 2.05) is 6.92 Å². The number of nitrogen functional groups attached to an aromatic ring is 1. The molecule has 28 heavy (non-hydrogen) atoms. The molecule has 0 fully saturated rings. The standard InChI is InChI=1S/C18H25N3O6Si/c1-10(28(4,5)6)26-17(23)15-12(8-7-11(19)16(15)22)27-18-20-13(24-2)9-14(21-18)25-3/h7-10,22H,19H2,1-6H3. The van der Waals surface area contributed by atoms with Crippen LogP contribution in [-0.4, -0.2) is 49.1 Å². The van der Waals surface area contributed by atoms with Crippen LogP contribution in [-0.2, 0) is 4.74 Å². The van der Waals surface area contributed by atoms with E-state index in [0.717, 1.165) is 0 Å². The summed E-state index contributed by atoms with van der Waals surface area (Å²) in [6.07, 6.45) is 0. The first-order chi connectivity index (χ1) is 13.1. The second kappa shape index (κ2) is 8.34. The number of aromatic hydroxyl groups is 1. The van der Waals surface area contributed by atoms with Gasteiger partial charge in [0.15, 0.2) is 5.75 Å². The Morgan fingerprint density at radius 2 is 1.71 bits per heavy atom. The summed E-state index contributed by atoms with van der Waals surface area (Å²) >= 11 is 0. The van der Waals surface area contributed by atoms with Crippen LogP contribution in [0.5, 0.6) is 29.3 Å². The molecule has 0 bridgehead atoms. The normalized spacial score (nSPS) is 12.2. The van der Waals surface area contributed by atoms with E-state index >= 15 is 0 Å². The van der Waals surface area contributed by atoms with Crippen LogP contribution in [0.25, 0.3) is 0 Å². The molecule has 0 amide bonds. The molecule has 0 aliphatic carbocycles. The van der Waals surface area contributed by atoms with Gasteiger partial charge in [-0.15, -0.1) is 0 Å². The number of esters is 1. The van der Waals surface area contributed by atoms with Crippen molar-refractivity contribution >= 4 is 19.7 Å². The highest BCUT2D eigenvalue weighted by Gasteiger charge is 2.30. The maximum absolute atomic E-state index is 12.7. The Morgan fingerprint density at radius 1 is 1.14 bits per heavy atom. The lowest BCUT2D eigenvalue weighted by Gasteiger charge is -2.25. The molecule has 2 aromatic rings. The number of benzene rings is 1. The molecular formula is C18H25N3O6Si. The van der Waals surface area contributed by atoms with Crippen LogP contribution in [0.2, 0.25) is 19.6 Å². The highest BCUT2D eigenvalue weighted by molar-refractivity contribution is 6.77. The summed E-state index contributed by atoms with van der Waals surface area (Å²) in [5.74, 6) is -0.768. The van der Waals surface area contributed by atoms with Gasteiger partial charge in [0.2, 0.25) is 11.8 Å². The molecule has 0 radical (unpaired) electrons. The molecule has 0 aliphatic rings. The number of anilines is 1. The summed E-state index contributed by atoms with van der Waals surface area (Å²) in [6, 6.07) is 4.17. The molecule has 1 aromatic carbocycles. The smallest absolute Gasteiger partial charge is 0.345 e. The Morgan fingerprint density at radius 3 is 2.21 bits per heavy atom. The van der Waals surface area contributed by atoms with Gasteiger partial charge in [-0.2, -0.15) is 9.97 Å². The van der Waals surface area contributed by atoms with Crippen LogP contribution in [0.3, 0.4) is 0 Å². The number of phenols is 1. The number of hydrogen-bond acceptors (Lipinski definition) is 9. The van der Waals surface area contributed by atoms with Gasteiger partial charge in [0, 0.05) is 0 Å². The van der Waals surface area contributed by atoms with Gasteiger partial charge in [0.1, 0.15) is 11.3 Å². The third-order valence-electron chi connectivity index (χ3n) is 4.16. The van der Waals surface area contributed by atoms with Gasteiger partial charge >= 0.3 is 12.0 Å². The first-order valence-electron chi connectivity index (χ1n) is 8.54. The first-order valence-corrected chi connectivity index (χ1v) is 12.1. The lowest BCUT2D eigenvalue weighted by molar-refractivity contribution is 0.0449. The summed E-state index contributed by atoms with van der Waals surface area (Å²) in [6.45, 7) is 8.03. The number of phenolic OH excluding ortho intramolecular Hbond substituents is 1. The Hall–Kier alpha value is -3.01. The average molecular weight is 407 g/mol. The predicted octanol–water partition coefficient (Wildman–Crippen LogP) is 3.00. The van der Waals surface area contributed by atoms with Gasteiger partial charge in [-0.25, -0.2) is 4.79 Å². The number of nitrogens with two attached hydrogens (primary N) is 1. The zero-order valence-corrected chi connectivity index (χ0v) is 17.8. The summed E-state index contributed by atoms with van der Waals surface area (Å²) < 4.78 is 21.3. The van der Waals surface area contributed by atoms with Crippen molar-refractivity contribution in [2.24, 2.45) is 0 Å². The van der Waals surface area contributed by atoms with Gasteiger partial charge in [-0.1, -0.05) is 19.6 Å². The van der Waals surface area contributed by atoms with E-state index in [0.29, 0.717) is 0 Å². The first kappa shape index (κ1) is 21.3. The van der Waals surface area contributed by atoms with Crippen LogP contribution < -0.4 is 19.9 Å². The zero-order valence-electron chi connectivity index (χ0n) is 16.8. The van der Waals surface area contributed by atoms with Crippen molar-refractivity contribution in [1.29, 1.82) is 0 Å². The minimum absolute atomic E-state index is 0.00483. The Balaban J connectivity index is 2.44. The van der Waals surface area contributed by atoms with Crippen molar-refractivity contribution in [2.45, 2.75) is 32.3 Å². The number of carbonyl (C=O) groups excluding carboxylic acids is 1. The van der Waals surface area contributed by atoms with Crippen LogP contribution in [0.4, 0.5) is 5.69 Å². The third-order valence-corrected chi connectivity index (χ3v) is 6.71. The van der Waals surface area contributed by atoms with Crippen LogP contribution >= 0.6 is 0 Å². The maximum atomic E-state index is 12.7. The molecule has 0 spiro atoms. The molecule has 0 aliphatic heterocycles. The molecule has 1 atom stereocenters. The number of methoxy groups -OCH3 is 2. The highest BCUT2D eigenvalue weighted by Crippen LogP contribution is 2.36. The lowest BCUT2D eigenvalue weighted by atomic mass is 10.1. The van der Waals surface area contributed by atoms with Crippen molar-refractivity contribution in [3.8, 4) is 29.3 Å². The second-order valence-electron chi connectivity index (χ2n) is 7.13. The Labute approximate surface area is 164 Å². The van der Waals surface area contributed by atoms with Gasteiger partial charge in [0.05, 0.1) is 39.8 Å². The Bertz CT molecular complexity index is 847. The monoisotopic (exact) mass is 407 g/mol. The van der Waals surface area contributed by atoms with Crippen LogP contribution in [0.15, 0.2) is 18.2 Å². The van der Waals surface area contributed by atoms with Crippen molar-refractivity contribution in [3.63, 3.8) is 0 Å². The van der Waals surface area contributed by atoms with E-state index in [9.17, 15) is 9.90 Å². The van der Waals surface area contributed by atoms with Crippen molar-refractivity contribution < 1.29 is 28.8 Å². The van der Waals surface area contributed by atoms with Crippen LogP contribution in [0.1, 0.15) is 17.3 Å². The SMILES string of the molecule is COc1cc(OC)nc(Oc2ccc(N)c(O)c2C(=O)OC(C)[Si](C)(C)C)n1. The molecule has 3 N–H and O–H groups in total. The van der Waals surface area contributed by atoms with E-state index < -0.39 is 19.8 Å². The predicted molar refractivity (Wildman–Crippen MR) is 106 cm³/mol. The fraction of sp³-hybridized carbons (Fsp3) is 0.389.